The van der Waals surface area contributed by atoms with Crippen LogP contribution >= 0.6 is 0 Å². The van der Waals surface area contributed by atoms with E-state index in [-0.39, 0.29) is 11.3 Å². The van der Waals surface area contributed by atoms with Gasteiger partial charge in [0.2, 0.25) is 10.0 Å². The number of carbonyl (C=O) groups excluding carboxylic acids is 1. The van der Waals surface area contributed by atoms with E-state index in [2.05, 4.69) is 20.3 Å². The third-order valence-corrected chi connectivity index (χ3v) is 8.03. The van der Waals surface area contributed by atoms with E-state index in [0.717, 1.165) is 16.7 Å². The molecule has 9 nitrogen and oxygen atoms in total. The predicted octanol–water partition coefficient (Wildman–Crippen LogP) is 5.29. The van der Waals surface area contributed by atoms with Crippen LogP contribution in [0.15, 0.2) is 90.1 Å². The number of nitrogens with zero attached hydrogens (tertiary/aromatic N) is 1. The zero-order chi connectivity index (χ0) is 28.9. The first-order chi connectivity index (χ1) is 19.0. The first-order valence-corrected chi connectivity index (χ1v) is 14.0. The van der Waals surface area contributed by atoms with Crippen LogP contribution < -0.4 is 15.4 Å². The van der Waals surface area contributed by atoms with Crippen LogP contribution in [-0.4, -0.2) is 36.6 Å². The van der Waals surface area contributed by atoms with Gasteiger partial charge in [-0.2, -0.15) is 4.72 Å². The van der Waals surface area contributed by atoms with Crippen LogP contribution in [0.2, 0.25) is 0 Å². The Labute approximate surface area is 233 Å². The SMILES string of the molecule is Cc1cc(C)c(S(=O)(=O)N[C@H](Cc2ccc(-c3cccc(NC(=O)Nc4ccncc4)c3)cc2)C(=O)O)c(C)c1. The number of rotatable bonds is 9. The summed E-state index contributed by atoms with van der Waals surface area (Å²) in [4.78, 5) is 28.3. The molecule has 0 saturated carbocycles. The van der Waals surface area contributed by atoms with Crippen LogP contribution in [0.25, 0.3) is 11.1 Å². The first-order valence-electron chi connectivity index (χ1n) is 12.5. The van der Waals surface area contributed by atoms with Crippen molar-refractivity contribution >= 4 is 33.4 Å². The quantitative estimate of drug-likeness (QED) is 0.220. The standard InChI is InChI=1S/C30H30N4O5S/c1-19-15-20(2)28(21(3)16-19)40(38,39)34-27(29(35)36)17-22-7-9-23(10-8-22)24-5-4-6-26(18-24)33-30(37)32-25-11-13-31-14-12-25/h4-16,18,27,34H,17H2,1-3H3,(H,35,36)(H2,31,32,33,37)/t27-/m1/s1. The van der Waals surface area contributed by atoms with Gasteiger partial charge in [0.1, 0.15) is 6.04 Å². The lowest BCUT2D eigenvalue weighted by molar-refractivity contribution is -0.138. The topological polar surface area (TPSA) is 137 Å². The van der Waals surface area contributed by atoms with E-state index >= 15 is 0 Å². The lowest BCUT2D eigenvalue weighted by Crippen LogP contribution is -2.42. The number of hydrogen-bond donors (Lipinski definition) is 4. The van der Waals surface area contributed by atoms with E-state index in [0.29, 0.717) is 28.1 Å². The molecule has 4 aromatic rings. The molecule has 3 aromatic carbocycles. The number of nitrogens with one attached hydrogen (secondary N) is 3. The van der Waals surface area contributed by atoms with Gasteiger partial charge in [-0.05, 0) is 79.3 Å². The molecule has 1 heterocycles. The van der Waals surface area contributed by atoms with Crippen LogP contribution in [0.1, 0.15) is 22.3 Å². The van der Waals surface area contributed by atoms with Crippen LogP contribution in [0.5, 0.6) is 0 Å². The summed E-state index contributed by atoms with van der Waals surface area (Å²) < 4.78 is 28.6. The van der Waals surface area contributed by atoms with Crippen molar-refractivity contribution in [2.24, 2.45) is 0 Å². The van der Waals surface area contributed by atoms with Crippen LogP contribution in [0.4, 0.5) is 16.2 Å². The molecular formula is C30H30N4O5S. The molecule has 0 radical (unpaired) electrons. The number of aryl methyl sites for hydroxylation is 3. The van der Waals surface area contributed by atoms with E-state index in [1.807, 2.05) is 37.3 Å². The van der Waals surface area contributed by atoms with Crippen molar-refractivity contribution in [1.29, 1.82) is 0 Å². The summed E-state index contributed by atoms with van der Waals surface area (Å²) in [5, 5.41) is 15.3. The summed E-state index contributed by atoms with van der Waals surface area (Å²) in [7, 11) is -4.06. The molecule has 0 bridgehead atoms. The summed E-state index contributed by atoms with van der Waals surface area (Å²) in [6, 6.07) is 19.6. The minimum absolute atomic E-state index is 0.0322. The number of aliphatic carboxylic acids is 1. The van der Waals surface area contributed by atoms with Crippen LogP contribution in [0, 0.1) is 20.8 Å². The van der Waals surface area contributed by atoms with Gasteiger partial charge in [-0.3, -0.25) is 9.78 Å². The van der Waals surface area contributed by atoms with Gasteiger partial charge in [0.05, 0.1) is 4.90 Å². The Kier molecular flexibility index (Phi) is 8.61. The summed E-state index contributed by atoms with van der Waals surface area (Å²) in [6.07, 6.45) is 3.13. The van der Waals surface area contributed by atoms with Crippen molar-refractivity contribution in [3.05, 3.63) is 107 Å². The fourth-order valence-corrected chi connectivity index (χ4v) is 6.23. The van der Waals surface area contributed by atoms with Crippen molar-refractivity contribution in [2.75, 3.05) is 10.6 Å². The molecule has 1 aromatic heterocycles. The maximum absolute atomic E-state index is 13.1. The highest BCUT2D eigenvalue weighted by atomic mass is 32.2. The van der Waals surface area contributed by atoms with Gasteiger partial charge in [-0.15, -0.1) is 0 Å². The summed E-state index contributed by atoms with van der Waals surface area (Å²) in [6.45, 7) is 5.27. The lowest BCUT2D eigenvalue weighted by Gasteiger charge is -2.18. The molecule has 4 rings (SSSR count). The highest BCUT2D eigenvalue weighted by Crippen LogP contribution is 2.25. The van der Waals surface area contributed by atoms with E-state index < -0.39 is 28.1 Å². The van der Waals surface area contributed by atoms with Gasteiger partial charge < -0.3 is 15.7 Å². The molecule has 0 aliphatic heterocycles. The van der Waals surface area contributed by atoms with E-state index in [1.54, 1.807) is 68.7 Å². The van der Waals surface area contributed by atoms with Gasteiger partial charge >= 0.3 is 12.0 Å². The highest BCUT2D eigenvalue weighted by Gasteiger charge is 2.28. The van der Waals surface area contributed by atoms with E-state index in [9.17, 15) is 23.1 Å². The smallest absolute Gasteiger partial charge is 0.323 e. The van der Waals surface area contributed by atoms with Crippen molar-refractivity contribution in [3.63, 3.8) is 0 Å². The van der Waals surface area contributed by atoms with Gasteiger partial charge in [0.15, 0.2) is 0 Å². The van der Waals surface area contributed by atoms with Crippen LogP contribution in [0.3, 0.4) is 0 Å². The number of carboxylic acid groups (broad SMARTS) is 1. The zero-order valence-electron chi connectivity index (χ0n) is 22.3. The number of anilines is 2. The van der Waals surface area contributed by atoms with Gasteiger partial charge in [-0.1, -0.05) is 54.1 Å². The molecule has 2 amide bonds. The Morgan fingerprint density at radius 1 is 0.825 bits per heavy atom. The Balaban J connectivity index is 1.46. The van der Waals surface area contributed by atoms with Crippen LogP contribution in [-0.2, 0) is 21.2 Å². The van der Waals surface area contributed by atoms with E-state index in [4.69, 9.17) is 0 Å². The summed E-state index contributed by atoms with van der Waals surface area (Å²) in [5.41, 5.74) is 5.60. The fraction of sp³-hybridized carbons (Fsp3) is 0.167. The predicted molar refractivity (Wildman–Crippen MR) is 155 cm³/mol. The summed E-state index contributed by atoms with van der Waals surface area (Å²) >= 11 is 0. The fourth-order valence-electron chi connectivity index (χ4n) is 4.59. The average molecular weight is 559 g/mol. The molecule has 0 saturated heterocycles. The largest absolute Gasteiger partial charge is 0.480 e. The second-order valence-corrected chi connectivity index (χ2v) is 11.2. The maximum atomic E-state index is 13.1. The molecule has 0 fully saturated rings. The molecule has 0 aliphatic rings. The number of aromatic nitrogens is 1. The van der Waals surface area contributed by atoms with Gasteiger partial charge in [0, 0.05) is 23.8 Å². The molecule has 40 heavy (non-hydrogen) atoms. The Bertz CT molecular complexity index is 1620. The molecule has 206 valence electrons. The van der Waals surface area contributed by atoms with Gasteiger partial charge in [-0.25, -0.2) is 13.2 Å². The molecule has 4 N–H and O–H groups in total. The number of carbonyl (C=O) groups is 2. The molecular weight excluding hydrogens is 528 g/mol. The third kappa shape index (κ3) is 7.10. The number of urea groups is 1. The molecule has 0 aliphatic carbocycles. The lowest BCUT2D eigenvalue weighted by atomic mass is 10.0. The number of amides is 2. The number of sulfonamides is 1. The minimum Gasteiger partial charge on any atom is -0.480 e. The van der Waals surface area contributed by atoms with Crippen molar-refractivity contribution in [3.8, 4) is 11.1 Å². The normalized spacial score (nSPS) is 12.0. The molecule has 1 atom stereocenters. The number of pyridine rings is 1. The van der Waals surface area contributed by atoms with Gasteiger partial charge in [0.25, 0.3) is 0 Å². The molecule has 0 unspecified atom stereocenters. The third-order valence-electron chi connectivity index (χ3n) is 6.25. The Hall–Kier alpha value is -4.54. The van der Waals surface area contributed by atoms with Crippen molar-refractivity contribution in [1.82, 2.24) is 9.71 Å². The van der Waals surface area contributed by atoms with Crippen molar-refractivity contribution < 1.29 is 23.1 Å². The maximum Gasteiger partial charge on any atom is 0.323 e. The summed E-state index contributed by atoms with van der Waals surface area (Å²) in [5.74, 6) is -1.26. The van der Waals surface area contributed by atoms with Crippen molar-refractivity contribution in [2.45, 2.75) is 38.1 Å². The Morgan fingerprint density at radius 3 is 2.08 bits per heavy atom. The highest BCUT2D eigenvalue weighted by molar-refractivity contribution is 7.89. The monoisotopic (exact) mass is 558 g/mol. The second kappa shape index (κ2) is 12.1. The minimum atomic E-state index is -4.06. The Morgan fingerprint density at radius 2 is 1.45 bits per heavy atom. The number of benzene rings is 3. The van der Waals surface area contributed by atoms with E-state index in [1.165, 1.54) is 0 Å². The second-order valence-electron chi connectivity index (χ2n) is 9.54. The number of hydrogen-bond acceptors (Lipinski definition) is 5. The first kappa shape index (κ1) is 28.5. The number of carboxylic acids is 1. The molecule has 0 spiro atoms. The average Bonchev–Trinajstić information content (AvgIpc) is 2.88. The molecule has 10 heteroatoms. The zero-order valence-corrected chi connectivity index (χ0v) is 23.1.